The summed E-state index contributed by atoms with van der Waals surface area (Å²) in [6.45, 7) is 4.65. The van der Waals surface area contributed by atoms with E-state index >= 15 is 0 Å². The number of aliphatic hydroxyl groups excluding tert-OH is 1. The molecule has 0 saturated heterocycles. The molecule has 8 nitrogen and oxygen atoms in total. The second-order valence-electron chi connectivity index (χ2n) is 13.9. The smallest absolute Gasteiger partial charge is 0.268 e. The quantitative estimate of drug-likeness (QED) is 0.0316. The molecule has 9 heteroatoms. The Bertz CT molecular complexity index is 758. The fourth-order valence-electron chi connectivity index (χ4n) is 5.21. The normalized spacial score (nSPS) is 14.9. The number of hydrogen-bond donors (Lipinski definition) is 2. The highest BCUT2D eigenvalue weighted by molar-refractivity contribution is 7.45. The van der Waals surface area contributed by atoms with Crippen LogP contribution >= 0.6 is 7.82 Å². The van der Waals surface area contributed by atoms with Gasteiger partial charge in [-0.3, -0.25) is 9.36 Å². The van der Waals surface area contributed by atoms with E-state index in [4.69, 9.17) is 9.05 Å². The molecule has 1 amide bonds. The number of quaternary nitrogens is 1. The number of allylic oxidation sites excluding steroid dienone is 2. The van der Waals surface area contributed by atoms with Crippen molar-refractivity contribution >= 4 is 13.7 Å². The number of amides is 1. The second kappa shape index (κ2) is 29.4. The molecule has 2 N–H and O–H groups in total. The number of unbranched alkanes of at least 4 members (excludes halogenated alkanes) is 18. The number of nitrogens with zero attached hydrogens (tertiary/aromatic N) is 1. The van der Waals surface area contributed by atoms with Crippen molar-refractivity contribution in [3.05, 3.63) is 12.2 Å². The first-order valence-corrected chi connectivity index (χ1v) is 20.0. The molecule has 0 saturated carbocycles. The lowest BCUT2D eigenvalue weighted by atomic mass is 10.0. The predicted octanol–water partition coefficient (Wildman–Crippen LogP) is 8.61. The van der Waals surface area contributed by atoms with Gasteiger partial charge < -0.3 is 28.8 Å². The Hall–Kier alpha value is -0.760. The van der Waals surface area contributed by atoms with Crippen molar-refractivity contribution in [1.82, 2.24) is 5.32 Å². The van der Waals surface area contributed by atoms with Crippen LogP contribution in [0.1, 0.15) is 162 Å². The third-order valence-electron chi connectivity index (χ3n) is 8.25. The zero-order chi connectivity index (χ0) is 33.7. The molecule has 0 spiro atoms. The number of rotatable bonds is 33. The monoisotopic (exact) mass is 661 g/mol. The number of likely N-dealkylation sites (N-methyl/N-ethyl adjacent to an activating group) is 1. The van der Waals surface area contributed by atoms with Crippen LogP contribution in [0.3, 0.4) is 0 Å². The van der Waals surface area contributed by atoms with Gasteiger partial charge in [0.2, 0.25) is 5.91 Å². The maximum absolute atomic E-state index is 12.7. The van der Waals surface area contributed by atoms with Gasteiger partial charge in [0.1, 0.15) is 13.2 Å². The van der Waals surface area contributed by atoms with Crippen molar-refractivity contribution in [2.75, 3.05) is 40.9 Å². The number of nitrogens with one attached hydrogen (secondary N) is 1. The number of hydrogen-bond acceptors (Lipinski definition) is 6. The minimum absolute atomic E-state index is 0.0117. The van der Waals surface area contributed by atoms with Gasteiger partial charge in [-0.15, -0.1) is 0 Å². The summed E-state index contributed by atoms with van der Waals surface area (Å²) in [6, 6.07) is -0.797. The number of carbonyl (C=O) groups is 1. The van der Waals surface area contributed by atoms with Crippen LogP contribution in [0.5, 0.6) is 0 Å². The van der Waals surface area contributed by atoms with Gasteiger partial charge in [0, 0.05) is 6.42 Å². The summed E-state index contributed by atoms with van der Waals surface area (Å²) in [4.78, 5) is 25.1. The zero-order valence-electron chi connectivity index (χ0n) is 30.1. The average molecular weight is 661 g/mol. The van der Waals surface area contributed by atoms with E-state index in [-0.39, 0.29) is 19.1 Å². The zero-order valence-corrected chi connectivity index (χ0v) is 31.0. The van der Waals surface area contributed by atoms with E-state index < -0.39 is 20.0 Å². The molecule has 0 aliphatic carbocycles. The molecular weight excluding hydrogens is 587 g/mol. The molecule has 0 aliphatic rings. The van der Waals surface area contributed by atoms with Crippen molar-refractivity contribution in [3.63, 3.8) is 0 Å². The summed E-state index contributed by atoms with van der Waals surface area (Å²) >= 11 is 0. The van der Waals surface area contributed by atoms with Gasteiger partial charge in [-0.2, -0.15) is 0 Å². The Kier molecular flexibility index (Phi) is 28.9. The molecule has 0 aromatic heterocycles. The van der Waals surface area contributed by atoms with Crippen molar-refractivity contribution in [2.45, 2.75) is 174 Å². The predicted molar refractivity (Wildman–Crippen MR) is 187 cm³/mol. The molecule has 0 aromatic rings. The highest BCUT2D eigenvalue weighted by Gasteiger charge is 2.24. The minimum atomic E-state index is -4.55. The molecule has 0 bridgehead atoms. The van der Waals surface area contributed by atoms with Crippen LogP contribution in [0.4, 0.5) is 0 Å². The number of phosphoric acid groups is 1. The van der Waals surface area contributed by atoms with E-state index in [1.807, 2.05) is 21.1 Å². The van der Waals surface area contributed by atoms with E-state index in [1.165, 1.54) is 83.5 Å². The lowest BCUT2D eigenvalue weighted by Gasteiger charge is -2.30. The van der Waals surface area contributed by atoms with E-state index in [0.29, 0.717) is 23.9 Å². The Morgan fingerprint density at radius 2 is 1.22 bits per heavy atom. The summed E-state index contributed by atoms with van der Waals surface area (Å²) in [5.41, 5.74) is 0. The number of aliphatic hydroxyl groups is 1. The number of phosphoric ester groups is 1. The molecule has 3 atom stereocenters. The van der Waals surface area contributed by atoms with Crippen molar-refractivity contribution in [3.8, 4) is 0 Å². The van der Waals surface area contributed by atoms with Gasteiger partial charge in [0.05, 0.1) is 39.9 Å². The molecule has 0 heterocycles. The van der Waals surface area contributed by atoms with E-state index in [9.17, 15) is 19.4 Å². The molecule has 0 aromatic carbocycles. The standard InChI is InChI=1S/C36H73N2O6P/c1-6-8-10-12-14-16-18-20-22-24-26-28-30-36(40)37-34(33-44-45(41,42)43-32-31-38(3,4)5)35(39)29-27-25-23-21-19-17-15-13-11-9-7-2/h14,16,34-35,39H,6-13,15,17-33H2,1-5H3,(H-,37,40,41,42)/b16-14-. The van der Waals surface area contributed by atoms with Gasteiger partial charge in [0.15, 0.2) is 0 Å². The highest BCUT2D eigenvalue weighted by atomic mass is 31.2. The molecule has 0 aliphatic heterocycles. The molecule has 0 fully saturated rings. The SMILES string of the molecule is CCCCC/C=C\CCCCCCCC(=O)NC(COP(=O)([O-])OCC[N+](C)(C)C)C(O)CCCCCCCCCCCCC. The van der Waals surface area contributed by atoms with E-state index in [1.54, 1.807) is 0 Å². The highest BCUT2D eigenvalue weighted by Crippen LogP contribution is 2.38. The largest absolute Gasteiger partial charge is 0.756 e. The van der Waals surface area contributed by atoms with E-state index in [0.717, 1.165) is 51.4 Å². The Labute approximate surface area is 278 Å². The fourth-order valence-corrected chi connectivity index (χ4v) is 5.93. The van der Waals surface area contributed by atoms with Gasteiger partial charge in [-0.1, -0.05) is 129 Å². The van der Waals surface area contributed by atoms with Crippen LogP contribution in [-0.4, -0.2) is 68.5 Å². The summed E-state index contributed by atoms with van der Waals surface area (Å²) in [6.07, 6.45) is 29.2. The third kappa shape index (κ3) is 31.6. The summed E-state index contributed by atoms with van der Waals surface area (Å²) in [5.74, 6) is -0.178. The van der Waals surface area contributed by atoms with Crippen LogP contribution in [0.25, 0.3) is 0 Å². The molecule has 3 unspecified atom stereocenters. The summed E-state index contributed by atoms with van der Waals surface area (Å²) < 4.78 is 23.1. The Balaban J connectivity index is 4.51. The Morgan fingerprint density at radius 1 is 0.756 bits per heavy atom. The van der Waals surface area contributed by atoms with E-state index in [2.05, 4.69) is 31.3 Å². The van der Waals surface area contributed by atoms with Gasteiger partial charge >= 0.3 is 0 Å². The summed E-state index contributed by atoms with van der Waals surface area (Å²) in [5, 5.41) is 13.8. The van der Waals surface area contributed by atoms with Crippen LogP contribution in [0.2, 0.25) is 0 Å². The molecule has 0 radical (unpaired) electrons. The molecule has 268 valence electrons. The van der Waals surface area contributed by atoms with Crippen molar-refractivity contribution in [1.29, 1.82) is 0 Å². The van der Waals surface area contributed by atoms with Crippen LogP contribution in [0, 0.1) is 0 Å². The van der Waals surface area contributed by atoms with Crippen LogP contribution in [-0.2, 0) is 18.4 Å². The van der Waals surface area contributed by atoms with Crippen LogP contribution < -0.4 is 10.2 Å². The lowest BCUT2D eigenvalue weighted by molar-refractivity contribution is -0.870. The Morgan fingerprint density at radius 3 is 1.78 bits per heavy atom. The third-order valence-corrected chi connectivity index (χ3v) is 9.22. The molecule has 45 heavy (non-hydrogen) atoms. The van der Waals surface area contributed by atoms with Crippen molar-refractivity contribution in [2.24, 2.45) is 0 Å². The maximum Gasteiger partial charge on any atom is 0.268 e. The summed E-state index contributed by atoms with van der Waals surface area (Å²) in [7, 11) is 1.30. The second-order valence-corrected chi connectivity index (χ2v) is 15.3. The number of carbonyl (C=O) groups excluding carboxylic acids is 1. The fraction of sp³-hybridized carbons (Fsp3) is 0.917. The first-order chi connectivity index (χ1) is 21.5. The first kappa shape index (κ1) is 44.2. The van der Waals surface area contributed by atoms with Gasteiger partial charge in [-0.05, 0) is 38.5 Å². The topological polar surface area (TPSA) is 108 Å². The van der Waals surface area contributed by atoms with Crippen LogP contribution in [0.15, 0.2) is 12.2 Å². The van der Waals surface area contributed by atoms with Gasteiger partial charge in [0.25, 0.3) is 7.82 Å². The molecule has 0 rings (SSSR count). The van der Waals surface area contributed by atoms with Crippen molar-refractivity contribution < 1.29 is 32.9 Å². The first-order valence-electron chi connectivity index (χ1n) is 18.5. The van der Waals surface area contributed by atoms with Gasteiger partial charge in [-0.25, -0.2) is 0 Å². The lowest BCUT2D eigenvalue weighted by Crippen LogP contribution is -2.46. The molecular formula is C36H73N2O6P. The average Bonchev–Trinajstić information content (AvgIpc) is 2.97. The maximum atomic E-state index is 12.7. The minimum Gasteiger partial charge on any atom is -0.756 e.